The van der Waals surface area contributed by atoms with Crippen molar-refractivity contribution in [1.82, 2.24) is 10.3 Å². The predicted molar refractivity (Wildman–Crippen MR) is 76.2 cm³/mol. The van der Waals surface area contributed by atoms with E-state index in [2.05, 4.69) is 16.4 Å². The number of nitrogens with zero attached hydrogens (tertiary/aromatic N) is 2. The number of nitrogens with one attached hydrogen (secondary N) is 1. The molecule has 0 fully saturated rings. The molecule has 0 saturated carbocycles. The molecule has 0 aliphatic rings. The van der Waals surface area contributed by atoms with E-state index in [0.717, 1.165) is 29.2 Å². The second-order valence-electron chi connectivity index (χ2n) is 4.55. The van der Waals surface area contributed by atoms with E-state index >= 15 is 0 Å². The van der Waals surface area contributed by atoms with Crippen LogP contribution in [0.15, 0.2) is 36.5 Å². The molecule has 0 unspecified atom stereocenters. The Hall–Kier alpha value is -1.94. The van der Waals surface area contributed by atoms with E-state index in [1.807, 2.05) is 32.1 Å². The molecule has 2 rings (SSSR count). The van der Waals surface area contributed by atoms with Crippen molar-refractivity contribution in [2.24, 2.45) is 0 Å². The molecule has 0 saturated heterocycles. The van der Waals surface area contributed by atoms with Gasteiger partial charge in [0.05, 0.1) is 0 Å². The normalized spacial score (nSPS) is 10.5. The van der Waals surface area contributed by atoms with Crippen molar-refractivity contribution in [3.8, 4) is 0 Å². The number of aryl methyl sites for hydroxylation is 1. The van der Waals surface area contributed by atoms with Crippen LogP contribution in [0.25, 0.3) is 0 Å². The maximum atomic E-state index is 12.9. The molecule has 1 aromatic carbocycles. The quantitative estimate of drug-likeness (QED) is 0.914. The fourth-order valence-electron chi connectivity index (χ4n) is 2.06. The summed E-state index contributed by atoms with van der Waals surface area (Å²) in [6.45, 7) is 2.83. The molecule has 1 N–H and O–H groups in total. The van der Waals surface area contributed by atoms with Crippen molar-refractivity contribution in [3.63, 3.8) is 0 Å². The molecular formula is C15H18FN3. The standard InChI is InChI=1S/C15H18FN3/c1-11-8-12(9-17-2)10-18-15(11)19(3)14-6-4-13(16)5-7-14/h4-8,10,17H,9H2,1-3H3. The second kappa shape index (κ2) is 5.80. The molecule has 2 aromatic rings. The lowest BCUT2D eigenvalue weighted by atomic mass is 10.2. The average Bonchev–Trinajstić information content (AvgIpc) is 2.39. The highest BCUT2D eigenvalue weighted by atomic mass is 19.1. The van der Waals surface area contributed by atoms with Gasteiger partial charge in [0.25, 0.3) is 0 Å². The lowest BCUT2D eigenvalue weighted by Crippen LogP contribution is -2.14. The highest BCUT2D eigenvalue weighted by molar-refractivity contribution is 5.61. The smallest absolute Gasteiger partial charge is 0.135 e. The summed E-state index contributed by atoms with van der Waals surface area (Å²) in [6, 6.07) is 8.52. The van der Waals surface area contributed by atoms with Crippen LogP contribution in [0.2, 0.25) is 0 Å². The number of hydrogen-bond acceptors (Lipinski definition) is 3. The third kappa shape index (κ3) is 3.09. The van der Waals surface area contributed by atoms with E-state index < -0.39 is 0 Å². The summed E-state index contributed by atoms with van der Waals surface area (Å²) >= 11 is 0. The van der Waals surface area contributed by atoms with Crippen molar-refractivity contribution < 1.29 is 4.39 Å². The minimum absolute atomic E-state index is 0.230. The first-order valence-electron chi connectivity index (χ1n) is 6.21. The van der Waals surface area contributed by atoms with Gasteiger partial charge in [-0.25, -0.2) is 9.37 Å². The summed E-state index contributed by atoms with van der Waals surface area (Å²) in [6.07, 6.45) is 1.86. The first kappa shape index (κ1) is 13.5. The van der Waals surface area contributed by atoms with Crippen LogP contribution in [0, 0.1) is 12.7 Å². The molecule has 100 valence electrons. The van der Waals surface area contributed by atoms with E-state index in [9.17, 15) is 4.39 Å². The lowest BCUT2D eigenvalue weighted by molar-refractivity contribution is 0.628. The van der Waals surface area contributed by atoms with Gasteiger partial charge in [0.15, 0.2) is 0 Å². The largest absolute Gasteiger partial charge is 0.329 e. The SMILES string of the molecule is CNCc1cnc(N(C)c2ccc(F)cc2)c(C)c1. The topological polar surface area (TPSA) is 28.2 Å². The third-order valence-corrected chi connectivity index (χ3v) is 3.02. The third-order valence-electron chi connectivity index (χ3n) is 3.02. The summed E-state index contributed by atoms with van der Waals surface area (Å²) in [7, 11) is 3.84. The predicted octanol–water partition coefficient (Wildman–Crippen LogP) is 3.02. The number of aromatic nitrogens is 1. The molecule has 1 heterocycles. The molecule has 3 nitrogen and oxygen atoms in total. The Bertz CT molecular complexity index is 552. The number of benzene rings is 1. The van der Waals surface area contributed by atoms with Crippen LogP contribution in [-0.4, -0.2) is 19.1 Å². The van der Waals surface area contributed by atoms with Crippen molar-refractivity contribution in [2.75, 3.05) is 19.0 Å². The summed E-state index contributed by atoms with van der Waals surface area (Å²) < 4.78 is 12.9. The molecule has 0 spiro atoms. The molecule has 0 aliphatic heterocycles. The number of rotatable bonds is 4. The molecule has 1 aromatic heterocycles. The molecule has 4 heteroatoms. The first-order chi connectivity index (χ1) is 9.11. The molecule has 19 heavy (non-hydrogen) atoms. The Morgan fingerprint density at radius 2 is 1.95 bits per heavy atom. The summed E-state index contributed by atoms with van der Waals surface area (Å²) in [5.41, 5.74) is 3.16. The highest BCUT2D eigenvalue weighted by Crippen LogP contribution is 2.25. The Kier molecular flexibility index (Phi) is 4.12. The van der Waals surface area contributed by atoms with Gasteiger partial charge < -0.3 is 10.2 Å². The number of hydrogen-bond donors (Lipinski definition) is 1. The van der Waals surface area contributed by atoms with Gasteiger partial charge in [-0.2, -0.15) is 0 Å². The molecule has 0 bridgehead atoms. The lowest BCUT2D eigenvalue weighted by Gasteiger charge is -2.20. The van der Waals surface area contributed by atoms with Crippen molar-refractivity contribution in [3.05, 3.63) is 53.5 Å². The average molecular weight is 259 g/mol. The van der Waals surface area contributed by atoms with Crippen molar-refractivity contribution >= 4 is 11.5 Å². The molecular weight excluding hydrogens is 241 g/mol. The fraction of sp³-hybridized carbons (Fsp3) is 0.267. The van der Waals surface area contributed by atoms with Crippen molar-refractivity contribution in [2.45, 2.75) is 13.5 Å². The Labute approximate surface area is 113 Å². The monoisotopic (exact) mass is 259 g/mol. The van der Waals surface area contributed by atoms with Gasteiger partial charge in [-0.3, -0.25) is 0 Å². The van der Waals surface area contributed by atoms with E-state index in [-0.39, 0.29) is 5.82 Å². The van der Waals surface area contributed by atoms with Crippen LogP contribution >= 0.6 is 0 Å². The zero-order valence-corrected chi connectivity index (χ0v) is 11.4. The minimum Gasteiger partial charge on any atom is -0.329 e. The van der Waals surface area contributed by atoms with Gasteiger partial charge in [0.2, 0.25) is 0 Å². The number of halogens is 1. The van der Waals surface area contributed by atoms with Gasteiger partial charge in [-0.15, -0.1) is 0 Å². The van der Waals surface area contributed by atoms with Gasteiger partial charge >= 0.3 is 0 Å². The van der Waals surface area contributed by atoms with Gasteiger partial charge in [-0.1, -0.05) is 0 Å². The summed E-state index contributed by atoms with van der Waals surface area (Å²) in [5, 5.41) is 3.10. The zero-order chi connectivity index (χ0) is 13.8. The Morgan fingerprint density at radius 3 is 2.53 bits per heavy atom. The van der Waals surface area contributed by atoms with Crippen molar-refractivity contribution in [1.29, 1.82) is 0 Å². The van der Waals surface area contributed by atoms with E-state index in [1.165, 1.54) is 12.1 Å². The van der Waals surface area contributed by atoms with Gasteiger partial charge in [0.1, 0.15) is 11.6 Å². The van der Waals surface area contributed by atoms with Crippen LogP contribution < -0.4 is 10.2 Å². The van der Waals surface area contributed by atoms with Gasteiger partial charge in [0, 0.05) is 25.5 Å². The van der Waals surface area contributed by atoms with Crippen LogP contribution in [0.3, 0.4) is 0 Å². The van der Waals surface area contributed by atoms with Crippen LogP contribution in [0.5, 0.6) is 0 Å². The first-order valence-corrected chi connectivity index (χ1v) is 6.21. The minimum atomic E-state index is -0.230. The summed E-state index contributed by atoms with van der Waals surface area (Å²) in [4.78, 5) is 6.44. The molecule has 0 amide bonds. The number of pyridine rings is 1. The maximum Gasteiger partial charge on any atom is 0.135 e. The Morgan fingerprint density at radius 1 is 1.26 bits per heavy atom. The van der Waals surface area contributed by atoms with E-state index in [4.69, 9.17) is 0 Å². The van der Waals surface area contributed by atoms with Gasteiger partial charge in [-0.05, 0) is 55.4 Å². The zero-order valence-electron chi connectivity index (χ0n) is 11.4. The van der Waals surface area contributed by atoms with Crippen LogP contribution in [0.1, 0.15) is 11.1 Å². The summed E-state index contributed by atoms with van der Waals surface area (Å²) in [5.74, 6) is 0.651. The fourth-order valence-corrected chi connectivity index (χ4v) is 2.06. The molecule has 0 aliphatic carbocycles. The molecule has 0 atom stereocenters. The maximum absolute atomic E-state index is 12.9. The van der Waals surface area contributed by atoms with E-state index in [0.29, 0.717) is 0 Å². The highest BCUT2D eigenvalue weighted by Gasteiger charge is 2.09. The van der Waals surface area contributed by atoms with Crippen LogP contribution in [0.4, 0.5) is 15.9 Å². The van der Waals surface area contributed by atoms with Crippen LogP contribution in [-0.2, 0) is 6.54 Å². The van der Waals surface area contributed by atoms with E-state index in [1.54, 1.807) is 12.1 Å². The molecule has 0 radical (unpaired) electrons. The Balaban J connectivity index is 2.28. The number of anilines is 2. The second-order valence-corrected chi connectivity index (χ2v) is 4.55.